The number of ether oxygens (including phenoxy) is 1. The second-order valence-electron chi connectivity index (χ2n) is 3.74. The quantitative estimate of drug-likeness (QED) is 0.854. The summed E-state index contributed by atoms with van der Waals surface area (Å²) in [5.41, 5.74) is 2.26. The average molecular weight is 228 g/mol. The Kier molecular flexibility index (Phi) is 4.11. The van der Waals surface area contributed by atoms with Crippen LogP contribution in [0.3, 0.4) is 0 Å². The number of hydrogen-bond acceptors (Lipinski definition) is 3. The van der Waals surface area contributed by atoms with Gasteiger partial charge in [-0.05, 0) is 11.6 Å². The summed E-state index contributed by atoms with van der Waals surface area (Å²) in [6, 6.07) is 14.1. The van der Waals surface area contributed by atoms with Crippen LogP contribution in [0.4, 0.5) is 5.82 Å². The third kappa shape index (κ3) is 3.29. The minimum Gasteiger partial charge on any atom is -0.373 e. The standard InChI is InChI=1S/C14H16N2O/c1-15-14-13(8-5-9-16-14)11-17-10-12-6-3-2-4-7-12/h2-9H,10-11H2,1H3,(H,15,16). The van der Waals surface area contributed by atoms with Crippen molar-refractivity contribution in [3.05, 3.63) is 59.8 Å². The van der Waals surface area contributed by atoms with Crippen LogP contribution >= 0.6 is 0 Å². The maximum Gasteiger partial charge on any atom is 0.131 e. The highest BCUT2D eigenvalue weighted by Gasteiger charge is 2.01. The first kappa shape index (κ1) is 11.6. The molecule has 0 fully saturated rings. The summed E-state index contributed by atoms with van der Waals surface area (Å²) in [4.78, 5) is 4.23. The van der Waals surface area contributed by atoms with Crippen molar-refractivity contribution >= 4 is 5.82 Å². The van der Waals surface area contributed by atoms with E-state index in [1.54, 1.807) is 6.20 Å². The molecule has 0 aliphatic carbocycles. The zero-order valence-electron chi connectivity index (χ0n) is 9.89. The van der Waals surface area contributed by atoms with Gasteiger partial charge in [0.05, 0.1) is 13.2 Å². The van der Waals surface area contributed by atoms with Crippen molar-refractivity contribution < 1.29 is 4.74 Å². The van der Waals surface area contributed by atoms with Gasteiger partial charge in [-0.25, -0.2) is 4.98 Å². The maximum absolute atomic E-state index is 5.67. The molecule has 0 aliphatic heterocycles. The molecule has 1 heterocycles. The van der Waals surface area contributed by atoms with E-state index in [0.29, 0.717) is 13.2 Å². The van der Waals surface area contributed by atoms with Gasteiger partial charge in [0.25, 0.3) is 0 Å². The van der Waals surface area contributed by atoms with Crippen molar-refractivity contribution in [2.24, 2.45) is 0 Å². The largest absolute Gasteiger partial charge is 0.373 e. The Bertz CT molecular complexity index is 457. The van der Waals surface area contributed by atoms with E-state index >= 15 is 0 Å². The van der Waals surface area contributed by atoms with Crippen LogP contribution < -0.4 is 5.32 Å². The van der Waals surface area contributed by atoms with E-state index in [0.717, 1.165) is 11.4 Å². The number of pyridine rings is 1. The predicted molar refractivity (Wildman–Crippen MR) is 68.7 cm³/mol. The summed E-state index contributed by atoms with van der Waals surface area (Å²) < 4.78 is 5.67. The lowest BCUT2D eigenvalue weighted by Crippen LogP contribution is -2.00. The van der Waals surface area contributed by atoms with Gasteiger partial charge in [0.1, 0.15) is 5.82 Å². The number of hydrogen-bond donors (Lipinski definition) is 1. The molecule has 2 aromatic rings. The van der Waals surface area contributed by atoms with Crippen LogP contribution in [0.25, 0.3) is 0 Å². The Morgan fingerprint density at radius 2 is 1.88 bits per heavy atom. The highest BCUT2D eigenvalue weighted by atomic mass is 16.5. The molecule has 1 aromatic carbocycles. The Morgan fingerprint density at radius 1 is 1.06 bits per heavy atom. The van der Waals surface area contributed by atoms with E-state index in [-0.39, 0.29) is 0 Å². The van der Waals surface area contributed by atoms with Gasteiger partial charge in [0.15, 0.2) is 0 Å². The van der Waals surface area contributed by atoms with Crippen molar-refractivity contribution in [2.45, 2.75) is 13.2 Å². The molecule has 0 unspecified atom stereocenters. The molecule has 0 radical (unpaired) electrons. The van der Waals surface area contributed by atoms with Gasteiger partial charge < -0.3 is 10.1 Å². The molecule has 3 nitrogen and oxygen atoms in total. The normalized spacial score (nSPS) is 10.2. The van der Waals surface area contributed by atoms with Gasteiger partial charge in [0.2, 0.25) is 0 Å². The molecule has 0 atom stereocenters. The maximum atomic E-state index is 5.67. The number of rotatable bonds is 5. The van der Waals surface area contributed by atoms with Gasteiger partial charge in [-0.1, -0.05) is 36.4 Å². The monoisotopic (exact) mass is 228 g/mol. The Morgan fingerprint density at radius 3 is 2.65 bits per heavy atom. The lowest BCUT2D eigenvalue weighted by atomic mass is 10.2. The van der Waals surface area contributed by atoms with Crippen LogP contribution in [0.2, 0.25) is 0 Å². The fourth-order valence-corrected chi connectivity index (χ4v) is 1.63. The zero-order valence-corrected chi connectivity index (χ0v) is 9.89. The van der Waals surface area contributed by atoms with E-state index in [2.05, 4.69) is 22.4 Å². The molecule has 17 heavy (non-hydrogen) atoms. The van der Waals surface area contributed by atoms with E-state index < -0.39 is 0 Å². The molecule has 88 valence electrons. The lowest BCUT2D eigenvalue weighted by molar-refractivity contribution is 0.107. The Labute approximate surface area is 101 Å². The number of anilines is 1. The summed E-state index contributed by atoms with van der Waals surface area (Å²) in [7, 11) is 1.86. The van der Waals surface area contributed by atoms with Crippen LogP contribution in [0.5, 0.6) is 0 Å². The van der Waals surface area contributed by atoms with Crippen molar-refractivity contribution in [1.29, 1.82) is 0 Å². The predicted octanol–water partition coefficient (Wildman–Crippen LogP) is 2.84. The number of nitrogens with zero attached hydrogens (tertiary/aromatic N) is 1. The smallest absolute Gasteiger partial charge is 0.131 e. The third-order valence-electron chi connectivity index (χ3n) is 2.50. The Hall–Kier alpha value is -1.87. The minimum absolute atomic E-state index is 0.568. The van der Waals surface area contributed by atoms with E-state index in [4.69, 9.17) is 4.74 Å². The molecular weight excluding hydrogens is 212 g/mol. The number of nitrogens with one attached hydrogen (secondary N) is 1. The number of aromatic nitrogens is 1. The number of benzene rings is 1. The van der Waals surface area contributed by atoms with Crippen LogP contribution in [-0.2, 0) is 18.0 Å². The average Bonchev–Trinajstić information content (AvgIpc) is 2.40. The van der Waals surface area contributed by atoms with E-state index in [9.17, 15) is 0 Å². The first-order valence-electron chi connectivity index (χ1n) is 5.63. The van der Waals surface area contributed by atoms with Crippen LogP contribution in [0.15, 0.2) is 48.7 Å². The summed E-state index contributed by atoms with van der Waals surface area (Å²) in [5, 5.41) is 3.05. The molecule has 0 aliphatic rings. The highest BCUT2D eigenvalue weighted by molar-refractivity contribution is 5.42. The van der Waals surface area contributed by atoms with Crippen molar-refractivity contribution in [3.8, 4) is 0 Å². The first-order chi connectivity index (χ1) is 8.40. The third-order valence-corrected chi connectivity index (χ3v) is 2.50. The summed E-state index contributed by atoms with van der Waals surface area (Å²) in [6.07, 6.45) is 1.77. The lowest BCUT2D eigenvalue weighted by Gasteiger charge is -2.08. The molecule has 0 saturated carbocycles. The first-order valence-corrected chi connectivity index (χ1v) is 5.63. The fraction of sp³-hybridized carbons (Fsp3) is 0.214. The molecule has 1 N–H and O–H groups in total. The van der Waals surface area contributed by atoms with Gasteiger partial charge in [0, 0.05) is 18.8 Å². The summed E-state index contributed by atoms with van der Waals surface area (Å²) >= 11 is 0. The molecule has 0 amide bonds. The Balaban J connectivity index is 1.90. The highest BCUT2D eigenvalue weighted by Crippen LogP contribution is 2.12. The van der Waals surface area contributed by atoms with Gasteiger partial charge in [-0.2, -0.15) is 0 Å². The van der Waals surface area contributed by atoms with E-state index in [1.807, 2.05) is 37.4 Å². The molecular formula is C14H16N2O. The van der Waals surface area contributed by atoms with Crippen molar-refractivity contribution in [2.75, 3.05) is 12.4 Å². The molecule has 3 heteroatoms. The fourth-order valence-electron chi connectivity index (χ4n) is 1.63. The molecule has 0 spiro atoms. The van der Waals surface area contributed by atoms with Crippen LogP contribution in [-0.4, -0.2) is 12.0 Å². The molecule has 0 saturated heterocycles. The minimum atomic E-state index is 0.568. The van der Waals surface area contributed by atoms with Gasteiger partial charge >= 0.3 is 0 Å². The van der Waals surface area contributed by atoms with E-state index in [1.165, 1.54) is 5.56 Å². The molecule has 0 bridgehead atoms. The second kappa shape index (κ2) is 6.01. The summed E-state index contributed by atoms with van der Waals surface area (Å²) in [5.74, 6) is 0.876. The van der Waals surface area contributed by atoms with Crippen LogP contribution in [0.1, 0.15) is 11.1 Å². The van der Waals surface area contributed by atoms with Gasteiger partial charge in [-0.15, -0.1) is 0 Å². The zero-order chi connectivity index (χ0) is 11.9. The summed E-state index contributed by atoms with van der Waals surface area (Å²) in [6.45, 7) is 1.19. The molecule has 2 rings (SSSR count). The van der Waals surface area contributed by atoms with Crippen LogP contribution in [0, 0.1) is 0 Å². The van der Waals surface area contributed by atoms with Gasteiger partial charge in [-0.3, -0.25) is 0 Å². The van der Waals surface area contributed by atoms with Crippen molar-refractivity contribution in [1.82, 2.24) is 4.98 Å². The topological polar surface area (TPSA) is 34.2 Å². The second-order valence-corrected chi connectivity index (χ2v) is 3.74. The van der Waals surface area contributed by atoms with Crippen molar-refractivity contribution in [3.63, 3.8) is 0 Å². The SMILES string of the molecule is CNc1ncccc1COCc1ccccc1. The molecule has 1 aromatic heterocycles.